The normalized spacial score (nSPS) is 19.1. The summed E-state index contributed by atoms with van der Waals surface area (Å²) >= 11 is 0. The number of rotatable bonds is 2. The molecule has 1 aliphatic heterocycles. The minimum Gasteiger partial charge on any atom is -0.438 e. The van der Waals surface area contributed by atoms with Gasteiger partial charge in [-0.1, -0.05) is 0 Å². The molecule has 1 saturated heterocycles. The highest BCUT2D eigenvalue weighted by Crippen LogP contribution is 2.26. The van der Waals surface area contributed by atoms with Crippen LogP contribution in [0.3, 0.4) is 0 Å². The van der Waals surface area contributed by atoms with Gasteiger partial charge in [-0.25, -0.2) is 4.98 Å². The second-order valence-corrected chi connectivity index (χ2v) is 5.04. The van der Waals surface area contributed by atoms with Crippen molar-refractivity contribution >= 4 is 5.91 Å². The molecule has 1 aliphatic rings. The van der Waals surface area contributed by atoms with E-state index in [1.807, 2.05) is 6.92 Å². The highest BCUT2D eigenvalue weighted by molar-refractivity contribution is 5.91. The second-order valence-electron chi connectivity index (χ2n) is 5.04. The molecule has 0 saturated carbocycles. The van der Waals surface area contributed by atoms with Crippen molar-refractivity contribution in [1.29, 1.82) is 0 Å². The topological polar surface area (TPSA) is 72.1 Å². The first-order valence-corrected chi connectivity index (χ1v) is 6.70. The fourth-order valence-corrected chi connectivity index (χ4v) is 2.56. The zero-order chi connectivity index (χ0) is 13.9. The third-order valence-electron chi connectivity index (χ3n) is 3.54. The first kappa shape index (κ1) is 12.8. The summed E-state index contributed by atoms with van der Waals surface area (Å²) in [7, 11) is 0. The summed E-state index contributed by atoms with van der Waals surface area (Å²) in [5.41, 5.74) is 1.86. The molecule has 0 N–H and O–H groups in total. The third kappa shape index (κ3) is 2.54. The number of nitrogens with zero attached hydrogens (tertiary/aromatic N) is 4. The number of likely N-dealkylation sites (tertiary alicyclic amines) is 1. The Morgan fingerprint density at radius 1 is 1.35 bits per heavy atom. The number of aromatic nitrogens is 3. The van der Waals surface area contributed by atoms with Gasteiger partial charge in [0.25, 0.3) is 5.91 Å². The van der Waals surface area contributed by atoms with Crippen molar-refractivity contribution in [2.75, 3.05) is 13.1 Å². The van der Waals surface area contributed by atoms with Crippen molar-refractivity contribution in [3.05, 3.63) is 42.1 Å². The van der Waals surface area contributed by atoms with E-state index in [1.54, 1.807) is 17.3 Å². The maximum Gasteiger partial charge on any atom is 0.291 e. The third-order valence-corrected chi connectivity index (χ3v) is 3.54. The summed E-state index contributed by atoms with van der Waals surface area (Å²) in [5.74, 6) is 0.428. The van der Waals surface area contributed by atoms with Gasteiger partial charge in [0, 0.05) is 31.4 Å². The SMILES string of the molecule is Cc1cncc([C@H]2CCCN(C(=O)c3cnco3)C2)n1. The number of amides is 1. The molecule has 0 spiro atoms. The van der Waals surface area contributed by atoms with Crippen LogP contribution in [0.1, 0.15) is 40.7 Å². The molecule has 6 nitrogen and oxygen atoms in total. The molecular weight excluding hydrogens is 256 g/mol. The maximum absolute atomic E-state index is 12.3. The summed E-state index contributed by atoms with van der Waals surface area (Å²) in [5, 5.41) is 0. The summed E-state index contributed by atoms with van der Waals surface area (Å²) in [6, 6.07) is 0. The molecule has 0 radical (unpaired) electrons. The van der Waals surface area contributed by atoms with Crippen LogP contribution in [0, 0.1) is 6.92 Å². The largest absolute Gasteiger partial charge is 0.438 e. The van der Waals surface area contributed by atoms with Crippen LogP contribution in [0.15, 0.2) is 29.4 Å². The van der Waals surface area contributed by atoms with E-state index in [9.17, 15) is 4.79 Å². The Labute approximate surface area is 116 Å². The van der Waals surface area contributed by atoms with E-state index < -0.39 is 0 Å². The average Bonchev–Trinajstić information content (AvgIpc) is 3.01. The molecule has 2 aromatic rings. The van der Waals surface area contributed by atoms with E-state index in [1.165, 1.54) is 12.6 Å². The Morgan fingerprint density at radius 2 is 2.25 bits per heavy atom. The molecule has 0 bridgehead atoms. The Balaban J connectivity index is 1.75. The van der Waals surface area contributed by atoms with Gasteiger partial charge < -0.3 is 9.32 Å². The molecule has 20 heavy (non-hydrogen) atoms. The molecule has 1 fully saturated rings. The summed E-state index contributed by atoms with van der Waals surface area (Å²) in [6.45, 7) is 3.32. The van der Waals surface area contributed by atoms with Gasteiger partial charge in [-0.2, -0.15) is 0 Å². The molecule has 104 valence electrons. The van der Waals surface area contributed by atoms with Gasteiger partial charge in [0.15, 0.2) is 6.39 Å². The van der Waals surface area contributed by atoms with E-state index in [0.29, 0.717) is 12.3 Å². The average molecular weight is 272 g/mol. The van der Waals surface area contributed by atoms with Crippen molar-refractivity contribution in [1.82, 2.24) is 19.9 Å². The van der Waals surface area contributed by atoms with Crippen LogP contribution in [0.5, 0.6) is 0 Å². The molecule has 6 heteroatoms. The Hall–Kier alpha value is -2.24. The number of aryl methyl sites for hydroxylation is 1. The van der Waals surface area contributed by atoms with Crippen molar-refractivity contribution in [2.45, 2.75) is 25.7 Å². The van der Waals surface area contributed by atoms with Gasteiger partial charge in [-0.15, -0.1) is 0 Å². The van der Waals surface area contributed by atoms with Gasteiger partial charge in [0.1, 0.15) is 0 Å². The molecule has 0 aromatic carbocycles. The van der Waals surface area contributed by atoms with Crippen molar-refractivity contribution in [2.24, 2.45) is 0 Å². The predicted molar refractivity (Wildman–Crippen MR) is 71.2 cm³/mol. The monoisotopic (exact) mass is 272 g/mol. The van der Waals surface area contributed by atoms with Crippen LogP contribution in [0.4, 0.5) is 0 Å². The van der Waals surface area contributed by atoms with Crippen molar-refractivity contribution in [3.63, 3.8) is 0 Å². The highest BCUT2D eigenvalue weighted by atomic mass is 16.3. The predicted octanol–water partition coefficient (Wildman–Crippen LogP) is 1.79. The van der Waals surface area contributed by atoms with Crippen LogP contribution in [0.25, 0.3) is 0 Å². The number of oxazole rings is 1. The smallest absolute Gasteiger partial charge is 0.291 e. The van der Waals surface area contributed by atoms with Gasteiger partial charge in [-0.05, 0) is 19.8 Å². The molecule has 2 aromatic heterocycles. The van der Waals surface area contributed by atoms with Crippen LogP contribution in [0.2, 0.25) is 0 Å². The van der Waals surface area contributed by atoms with E-state index >= 15 is 0 Å². The van der Waals surface area contributed by atoms with Crippen LogP contribution in [-0.2, 0) is 0 Å². The molecule has 3 heterocycles. The van der Waals surface area contributed by atoms with Crippen LogP contribution < -0.4 is 0 Å². The lowest BCUT2D eigenvalue weighted by Gasteiger charge is -2.31. The van der Waals surface area contributed by atoms with Crippen molar-refractivity contribution < 1.29 is 9.21 Å². The minimum absolute atomic E-state index is 0.104. The standard InChI is InChI=1S/C14H16N4O2/c1-10-5-15-6-12(17-10)11-3-2-4-18(8-11)14(19)13-7-16-9-20-13/h5-7,9,11H,2-4,8H2,1H3/t11-/m0/s1. The van der Waals surface area contributed by atoms with Gasteiger partial charge in [0.05, 0.1) is 17.6 Å². The highest BCUT2D eigenvalue weighted by Gasteiger charge is 2.27. The number of hydrogen-bond donors (Lipinski definition) is 0. The Bertz CT molecular complexity index is 597. The summed E-state index contributed by atoms with van der Waals surface area (Å²) in [6.07, 6.45) is 8.25. The van der Waals surface area contributed by atoms with E-state index in [2.05, 4.69) is 15.0 Å². The lowest BCUT2D eigenvalue weighted by Crippen LogP contribution is -2.39. The molecule has 0 unspecified atom stereocenters. The zero-order valence-corrected chi connectivity index (χ0v) is 11.3. The summed E-state index contributed by atoms with van der Waals surface area (Å²) < 4.78 is 5.08. The van der Waals surface area contributed by atoms with Crippen LogP contribution >= 0.6 is 0 Å². The first-order chi connectivity index (χ1) is 9.74. The fourth-order valence-electron chi connectivity index (χ4n) is 2.56. The lowest BCUT2D eigenvalue weighted by atomic mass is 9.95. The number of carbonyl (C=O) groups is 1. The zero-order valence-electron chi connectivity index (χ0n) is 11.3. The molecular formula is C14H16N4O2. The van der Waals surface area contributed by atoms with E-state index in [4.69, 9.17) is 4.42 Å². The molecule has 0 aliphatic carbocycles. The van der Waals surface area contributed by atoms with Gasteiger partial charge in [0.2, 0.25) is 5.76 Å². The Morgan fingerprint density at radius 3 is 3.00 bits per heavy atom. The van der Waals surface area contributed by atoms with Gasteiger partial charge in [-0.3, -0.25) is 14.8 Å². The van der Waals surface area contributed by atoms with Crippen LogP contribution in [-0.4, -0.2) is 38.8 Å². The lowest BCUT2D eigenvalue weighted by molar-refractivity contribution is 0.0673. The second kappa shape index (κ2) is 5.40. The van der Waals surface area contributed by atoms with Gasteiger partial charge >= 0.3 is 0 Å². The molecule has 3 rings (SSSR count). The first-order valence-electron chi connectivity index (χ1n) is 6.70. The number of piperidine rings is 1. The van der Waals surface area contributed by atoms with E-state index in [-0.39, 0.29) is 11.8 Å². The molecule has 1 atom stereocenters. The number of carbonyl (C=O) groups excluding carboxylic acids is 1. The maximum atomic E-state index is 12.3. The fraction of sp³-hybridized carbons (Fsp3) is 0.429. The minimum atomic E-state index is -0.104. The Kier molecular flexibility index (Phi) is 3.45. The van der Waals surface area contributed by atoms with E-state index in [0.717, 1.165) is 30.8 Å². The summed E-state index contributed by atoms with van der Waals surface area (Å²) in [4.78, 5) is 26.6. The van der Waals surface area contributed by atoms with Crippen molar-refractivity contribution in [3.8, 4) is 0 Å². The molecule has 1 amide bonds. The quantitative estimate of drug-likeness (QED) is 0.833. The number of hydrogen-bond acceptors (Lipinski definition) is 5.